The van der Waals surface area contributed by atoms with Crippen LogP contribution in [0, 0.1) is 0 Å². The standard InChI is InChI=1S/C20H23NOS/c1-16(12-13-18-10-5-6-15-23-18)20(22)21-14-7-11-19(21)17-8-3-2-4-9-17/h2-4,6,8-10,12,15,19H,5,7,11,13-14H2,1H3/b16-12+. The molecule has 1 aromatic carbocycles. The zero-order valence-corrected chi connectivity index (χ0v) is 14.4. The molecule has 23 heavy (non-hydrogen) atoms. The molecule has 3 rings (SSSR count). The second-order valence-electron chi connectivity index (χ2n) is 6.05. The van der Waals surface area contributed by atoms with E-state index in [0.717, 1.165) is 37.8 Å². The molecule has 0 spiro atoms. The fourth-order valence-electron chi connectivity index (χ4n) is 3.17. The molecule has 1 atom stereocenters. The van der Waals surface area contributed by atoms with Gasteiger partial charge in [-0.3, -0.25) is 4.79 Å². The van der Waals surface area contributed by atoms with Gasteiger partial charge >= 0.3 is 0 Å². The molecule has 0 bridgehead atoms. The fraction of sp³-hybridized carbons (Fsp3) is 0.350. The number of rotatable bonds is 4. The van der Waals surface area contributed by atoms with Crippen molar-refractivity contribution < 1.29 is 4.79 Å². The number of allylic oxidation sites excluding steroid dienone is 4. The molecule has 3 heteroatoms. The number of thioether (sulfide) groups is 1. The summed E-state index contributed by atoms with van der Waals surface area (Å²) in [5.41, 5.74) is 2.12. The Morgan fingerprint density at radius 2 is 2.17 bits per heavy atom. The number of nitrogens with zero attached hydrogens (tertiary/aromatic N) is 1. The minimum Gasteiger partial charge on any atom is -0.332 e. The van der Waals surface area contributed by atoms with Crippen molar-refractivity contribution in [1.82, 2.24) is 4.90 Å². The lowest BCUT2D eigenvalue weighted by atomic mass is 10.0. The van der Waals surface area contributed by atoms with Gasteiger partial charge in [0.05, 0.1) is 6.04 Å². The van der Waals surface area contributed by atoms with Crippen molar-refractivity contribution in [2.24, 2.45) is 0 Å². The van der Waals surface area contributed by atoms with Crippen molar-refractivity contribution in [3.05, 3.63) is 70.0 Å². The number of amides is 1. The molecule has 1 fully saturated rings. The van der Waals surface area contributed by atoms with Gasteiger partial charge in [0, 0.05) is 12.1 Å². The van der Waals surface area contributed by atoms with Gasteiger partial charge in [-0.1, -0.05) is 48.6 Å². The Hall–Kier alpha value is -1.74. The van der Waals surface area contributed by atoms with Crippen LogP contribution in [0.5, 0.6) is 0 Å². The molecule has 1 saturated heterocycles. The minimum atomic E-state index is 0.188. The Morgan fingerprint density at radius 1 is 1.35 bits per heavy atom. The second-order valence-corrected chi connectivity index (χ2v) is 7.09. The highest BCUT2D eigenvalue weighted by molar-refractivity contribution is 8.05. The predicted molar refractivity (Wildman–Crippen MR) is 97.9 cm³/mol. The highest BCUT2D eigenvalue weighted by atomic mass is 32.2. The molecule has 2 aliphatic rings. The normalized spacial score (nSPS) is 21.4. The Kier molecular flexibility index (Phi) is 5.39. The van der Waals surface area contributed by atoms with E-state index in [1.807, 2.05) is 17.9 Å². The second kappa shape index (κ2) is 7.69. The molecule has 2 nitrogen and oxygen atoms in total. The summed E-state index contributed by atoms with van der Waals surface area (Å²) in [7, 11) is 0. The summed E-state index contributed by atoms with van der Waals surface area (Å²) < 4.78 is 0. The average molecular weight is 325 g/mol. The van der Waals surface area contributed by atoms with Crippen molar-refractivity contribution >= 4 is 17.7 Å². The molecule has 0 aromatic heterocycles. The number of carbonyl (C=O) groups excluding carboxylic acids is 1. The van der Waals surface area contributed by atoms with Crippen LogP contribution in [0.1, 0.15) is 44.2 Å². The number of hydrogen-bond acceptors (Lipinski definition) is 2. The summed E-state index contributed by atoms with van der Waals surface area (Å²) in [6, 6.07) is 10.6. The summed E-state index contributed by atoms with van der Waals surface area (Å²) in [4.78, 5) is 16.2. The van der Waals surface area contributed by atoms with Crippen molar-refractivity contribution in [1.29, 1.82) is 0 Å². The SMILES string of the molecule is C/C(=C\CC1=CCC=CS1)C(=O)N1CCCC1c1ccccc1. The van der Waals surface area contributed by atoms with Gasteiger partial charge in [-0.2, -0.15) is 0 Å². The first-order chi connectivity index (χ1) is 11.3. The topological polar surface area (TPSA) is 20.3 Å². The maximum atomic E-state index is 12.8. The molecule has 2 aliphatic heterocycles. The summed E-state index contributed by atoms with van der Waals surface area (Å²) in [6.07, 6.45) is 10.5. The summed E-state index contributed by atoms with van der Waals surface area (Å²) in [6.45, 7) is 2.82. The van der Waals surface area contributed by atoms with E-state index in [1.165, 1.54) is 10.5 Å². The molecular weight excluding hydrogens is 302 g/mol. The van der Waals surface area contributed by atoms with E-state index in [9.17, 15) is 4.79 Å². The van der Waals surface area contributed by atoms with Crippen LogP contribution in [-0.4, -0.2) is 17.4 Å². The van der Waals surface area contributed by atoms with Gasteiger partial charge in [0.25, 0.3) is 0 Å². The molecule has 0 N–H and O–H groups in total. The van der Waals surface area contributed by atoms with Crippen LogP contribution < -0.4 is 0 Å². The van der Waals surface area contributed by atoms with E-state index >= 15 is 0 Å². The van der Waals surface area contributed by atoms with E-state index < -0.39 is 0 Å². The molecule has 1 unspecified atom stereocenters. The number of carbonyl (C=O) groups is 1. The number of hydrogen-bond donors (Lipinski definition) is 0. The third kappa shape index (κ3) is 3.97. The van der Waals surface area contributed by atoms with Gasteiger partial charge in [0.1, 0.15) is 0 Å². The Balaban J connectivity index is 1.67. The first-order valence-corrected chi connectivity index (χ1v) is 9.17. The van der Waals surface area contributed by atoms with Crippen LogP contribution in [0.15, 0.2) is 64.4 Å². The van der Waals surface area contributed by atoms with E-state index in [4.69, 9.17) is 0 Å². The van der Waals surface area contributed by atoms with Crippen LogP contribution in [0.4, 0.5) is 0 Å². The van der Waals surface area contributed by atoms with Crippen LogP contribution in [-0.2, 0) is 4.79 Å². The van der Waals surface area contributed by atoms with E-state index in [-0.39, 0.29) is 11.9 Å². The highest BCUT2D eigenvalue weighted by Gasteiger charge is 2.30. The van der Waals surface area contributed by atoms with E-state index in [2.05, 4.69) is 47.9 Å². The summed E-state index contributed by atoms with van der Waals surface area (Å²) in [5, 5.41) is 2.13. The Morgan fingerprint density at radius 3 is 2.91 bits per heavy atom. The maximum absolute atomic E-state index is 12.8. The van der Waals surface area contributed by atoms with Crippen molar-refractivity contribution in [2.45, 2.75) is 38.6 Å². The Bertz CT molecular complexity index is 645. The quantitative estimate of drug-likeness (QED) is 0.707. The molecule has 0 aliphatic carbocycles. The van der Waals surface area contributed by atoms with Crippen molar-refractivity contribution in [2.75, 3.05) is 6.54 Å². The highest BCUT2D eigenvalue weighted by Crippen LogP contribution is 2.33. The zero-order valence-electron chi connectivity index (χ0n) is 13.6. The van der Waals surface area contributed by atoms with Gasteiger partial charge in [0.15, 0.2) is 0 Å². The third-order valence-corrected chi connectivity index (χ3v) is 5.41. The molecular formula is C20H23NOS. The van der Waals surface area contributed by atoms with Crippen molar-refractivity contribution in [3.63, 3.8) is 0 Å². The predicted octanol–water partition coefficient (Wildman–Crippen LogP) is 5.22. The fourth-order valence-corrected chi connectivity index (χ4v) is 3.92. The van der Waals surface area contributed by atoms with Gasteiger partial charge < -0.3 is 4.90 Å². The molecule has 120 valence electrons. The van der Waals surface area contributed by atoms with Crippen LogP contribution >= 0.6 is 11.8 Å². The van der Waals surface area contributed by atoms with Crippen LogP contribution in [0.2, 0.25) is 0 Å². The van der Waals surface area contributed by atoms with Gasteiger partial charge in [-0.15, -0.1) is 11.8 Å². The molecule has 0 saturated carbocycles. The molecule has 0 radical (unpaired) electrons. The maximum Gasteiger partial charge on any atom is 0.249 e. The summed E-state index contributed by atoms with van der Waals surface area (Å²) in [5.74, 6) is 0.188. The van der Waals surface area contributed by atoms with E-state index in [1.54, 1.807) is 11.8 Å². The molecule has 2 heterocycles. The first-order valence-electron chi connectivity index (χ1n) is 8.29. The average Bonchev–Trinajstić information content (AvgIpc) is 3.10. The zero-order chi connectivity index (χ0) is 16.1. The van der Waals surface area contributed by atoms with E-state index in [0.29, 0.717) is 0 Å². The van der Waals surface area contributed by atoms with Crippen molar-refractivity contribution in [3.8, 4) is 0 Å². The van der Waals surface area contributed by atoms with Crippen LogP contribution in [0.3, 0.4) is 0 Å². The smallest absolute Gasteiger partial charge is 0.249 e. The largest absolute Gasteiger partial charge is 0.332 e. The lowest BCUT2D eigenvalue weighted by Crippen LogP contribution is -2.31. The monoisotopic (exact) mass is 325 g/mol. The van der Waals surface area contributed by atoms with Gasteiger partial charge in [-0.25, -0.2) is 0 Å². The lowest BCUT2D eigenvalue weighted by Gasteiger charge is -2.25. The lowest BCUT2D eigenvalue weighted by molar-refractivity contribution is -0.128. The Labute approximate surface area is 143 Å². The van der Waals surface area contributed by atoms with Gasteiger partial charge in [0.2, 0.25) is 5.91 Å². The first kappa shape index (κ1) is 16.1. The molecule has 1 amide bonds. The molecule has 1 aromatic rings. The van der Waals surface area contributed by atoms with Crippen LogP contribution in [0.25, 0.3) is 0 Å². The summed E-state index contributed by atoms with van der Waals surface area (Å²) >= 11 is 1.76. The minimum absolute atomic E-state index is 0.188. The van der Waals surface area contributed by atoms with Gasteiger partial charge in [-0.05, 0) is 48.5 Å². The number of benzene rings is 1. The third-order valence-electron chi connectivity index (χ3n) is 4.44. The number of likely N-dealkylation sites (tertiary alicyclic amines) is 1.